The lowest BCUT2D eigenvalue weighted by molar-refractivity contribution is -0.139. The molecule has 0 radical (unpaired) electrons. The van der Waals surface area contributed by atoms with E-state index in [0.717, 1.165) is 0 Å². The zero-order valence-corrected chi connectivity index (χ0v) is 6.26. The van der Waals surface area contributed by atoms with E-state index in [1.54, 1.807) is 18.2 Å². The van der Waals surface area contributed by atoms with Crippen LogP contribution in [-0.2, 0) is 6.18 Å². The van der Waals surface area contributed by atoms with Crippen molar-refractivity contribution in [2.24, 2.45) is 0 Å². The Hall–Kier alpha value is -1.52. The first-order valence-electron chi connectivity index (χ1n) is 3.68. The molecule has 66 valence electrons. The normalized spacial score (nSPS) is 13.8. The highest BCUT2D eigenvalue weighted by atomic mass is 19.4. The maximum atomic E-state index is 12.3. The van der Waals surface area contributed by atoms with Gasteiger partial charge in [-0.05, 0) is 12.1 Å². The Labute approximate surface area is 70.2 Å². The number of aromatic nitrogens is 2. The third-order valence-corrected chi connectivity index (χ3v) is 2.18. The first kappa shape index (κ1) is 6.94. The molecular weight excluding hydrogens is 181 g/mol. The molecule has 4 heterocycles. The molecule has 4 rings (SSSR count). The smallest absolute Gasteiger partial charge is 0.232 e. The van der Waals surface area contributed by atoms with Crippen molar-refractivity contribution < 1.29 is 13.2 Å². The van der Waals surface area contributed by atoms with Crippen LogP contribution in [0.4, 0.5) is 13.2 Å². The van der Waals surface area contributed by atoms with Gasteiger partial charge in [-0.25, -0.2) is 4.52 Å². The van der Waals surface area contributed by atoms with Crippen LogP contribution >= 0.6 is 0 Å². The standard InChI is InChI=1S/C8H3F3N2/c9-8(10,11)7-6-4-2-1-3-5(6)13(4)12-7/h1-3H. The third kappa shape index (κ3) is 0.634. The van der Waals surface area contributed by atoms with Gasteiger partial charge < -0.3 is 0 Å². The first-order chi connectivity index (χ1) is 6.09. The van der Waals surface area contributed by atoms with Crippen LogP contribution in [0.3, 0.4) is 0 Å². The second-order valence-corrected chi connectivity index (χ2v) is 2.93. The third-order valence-electron chi connectivity index (χ3n) is 2.18. The van der Waals surface area contributed by atoms with Crippen molar-refractivity contribution in [1.82, 2.24) is 9.61 Å². The van der Waals surface area contributed by atoms with Crippen LogP contribution in [0.5, 0.6) is 0 Å². The van der Waals surface area contributed by atoms with Gasteiger partial charge in [0.1, 0.15) is 0 Å². The van der Waals surface area contributed by atoms with Gasteiger partial charge in [0, 0.05) is 0 Å². The van der Waals surface area contributed by atoms with E-state index in [9.17, 15) is 13.2 Å². The Morgan fingerprint density at radius 3 is 2.15 bits per heavy atom. The SMILES string of the molecule is FC(F)(F)c1nn2c3cccc2c13. The molecule has 0 N–H and O–H groups in total. The summed E-state index contributed by atoms with van der Waals surface area (Å²) in [5.74, 6) is 0. The van der Waals surface area contributed by atoms with E-state index in [1.165, 1.54) is 4.52 Å². The van der Waals surface area contributed by atoms with E-state index in [2.05, 4.69) is 5.10 Å². The van der Waals surface area contributed by atoms with Crippen LogP contribution in [0.15, 0.2) is 18.2 Å². The van der Waals surface area contributed by atoms with E-state index in [4.69, 9.17) is 0 Å². The van der Waals surface area contributed by atoms with Crippen molar-refractivity contribution in [3.8, 4) is 0 Å². The lowest BCUT2D eigenvalue weighted by Crippen LogP contribution is -2.04. The van der Waals surface area contributed by atoms with Crippen LogP contribution < -0.4 is 0 Å². The predicted octanol–water partition coefficient (Wildman–Crippen LogP) is 2.38. The number of fused-ring (bicyclic) bond motifs is 1. The summed E-state index contributed by atoms with van der Waals surface area (Å²) in [6.45, 7) is 0. The molecule has 0 aromatic carbocycles. The average Bonchev–Trinajstić information content (AvgIpc) is 2.60. The van der Waals surface area contributed by atoms with E-state index in [-0.39, 0.29) is 5.39 Å². The van der Waals surface area contributed by atoms with Crippen molar-refractivity contribution in [3.05, 3.63) is 23.9 Å². The molecule has 5 heteroatoms. The second-order valence-electron chi connectivity index (χ2n) is 2.93. The quantitative estimate of drug-likeness (QED) is 0.524. The van der Waals surface area contributed by atoms with Gasteiger partial charge in [0.25, 0.3) is 0 Å². The molecule has 0 saturated heterocycles. The zero-order valence-electron chi connectivity index (χ0n) is 6.26. The molecular formula is C8H3F3N2. The van der Waals surface area contributed by atoms with Crippen molar-refractivity contribution in [3.63, 3.8) is 0 Å². The highest BCUT2D eigenvalue weighted by molar-refractivity contribution is 6.04. The number of nitrogens with zero attached hydrogens (tertiary/aromatic N) is 2. The van der Waals surface area contributed by atoms with E-state index in [1.807, 2.05) is 0 Å². The van der Waals surface area contributed by atoms with Gasteiger partial charge in [-0.1, -0.05) is 6.07 Å². The minimum absolute atomic E-state index is 0.245. The molecule has 0 spiro atoms. The van der Waals surface area contributed by atoms with E-state index in [0.29, 0.717) is 11.0 Å². The highest BCUT2D eigenvalue weighted by Gasteiger charge is 2.39. The van der Waals surface area contributed by atoms with Gasteiger partial charge in [0.05, 0.1) is 16.4 Å². The number of benzene rings is 1. The topological polar surface area (TPSA) is 17.3 Å². The van der Waals surface area contributed by atoms with Gasteiger partial charge in [-0.15, -0.1) is 0 Å². The fraction of sp³-hybridized carbons (Fsp3) is 0.125. The van der Waals surface area contributed by atoms with Gasteiger partial charge in [0.2, 0.25) is 0 Å². The monoisotopic (exact) mass is 184 g/mol. The minimum atomic E-state index is -4.34. The molecule has 0 aliphatic rings. The molecule has 0 unspecified atom stereocenters. The summed E-state index contributed by atoms with van der Waals surface area (Å²) in [5.41, 5.74) is 0.354. The molecule has 0 atom stereocenters. The van der Waals surface area contributed by atoms with Gasteiger partial charge in [-0.3, -0.25) is 0 Å². The predicted molar refractivity (Wildman–Crippen MR) is 40.1 cm³/mol. The van der Waals surface area contributed by atoms with Crippen molar-refractivity contribution in [1.29, 1.82) is 0 Å². The Bertz CT molecular complexity index is 521. The zero-order chi connectivity index (χ0) is 9.22. The molecule has 0 amide bonds. The molecule has 2 nitrogen and oxygen atoms in total. The summed E-state index contributed by atoms with van der Waals surface area (Å²) in [4.78, 5) is 0. The largest absolute Gasteiger partial charge is 0.435 e. The number of rotatable bonds is 0. The van der Waals surface area contributed by atoms with Gasteiger partial charge in [0.15, 0.2) is 5.69 Å². The molecule has 0 aliphatic carbocycles. The summed E-state index contributed by atoms with van der Waals surface area (Å²) in [6.07, 6.45) is -4.34. The first-order valence-corrected chi connectivity index (χ1v) is 3.68. The van der Waals surface area contributed by atoms with E-state index < -0.39 is 11.9 Å². The number of pyridine rings is 1. The van der Waals surface area contributed by atoms with Crippen molar-refractivity contribution in [2.75, 3.05) is 0 Å². The lowest BCUT2D eigenvalue weighted by atomic mass is 10.1. The second kappa shape index (κ2) is 1.71. The molecule has 13 heavy (non-hydrogen) atoms. The summed E-state index contributed by atoms with van der Waals surface area (Å²) >= 11 is 0. The van der Waals surface area contributed by atoms with E-state index >= 15 is 0 Å². The maximum Gasteiger partial charge on any atom is 0.435 e. The number of hydrogen-bond donors (Lipinski definition) is 0. The van der Waals surface area contributed by atoms with Crippen LogP contribution in [0.2, 0.25) is 0 Å². The van der Waals surface area contributed by atoms with Gasteiger partial charge >= 0.3 is 6.18 Å². The summed E-state index contributed by atoms with van der Waals surface area (Å²) < 4.78 is 38.2. The van der Waals surface area contributed by atoms with Gasteiger partial charge in [-0.2, -0.15) is 18.3 Å². The Morgan fingerprint density at radius 1 is 1.15 bits per heavy atom. The fourth-order valence-corrected chi connectivity index (χ4v) is 1.66. The summed E-state index contributed by atoms with van der Waals surface area (Å²) in [6, 6.07) is 4.98. The Kier molecular flexibility index (Phi) is 0.912. The van der Waals surface area contributed by atoms with Crippen molar-refractivity contribution in [2.45, 2.75) is 6.18 Å². The number of halogens is 3. The number of alkyl halides is 3. The highest BCUT2D eigenvalue weighted by Crippen LogP contribution is 2.40. The number of hydrogen-bond acceptors (Lipinski definition) is 1. The molecule has 0 saturated carbocycles. The Morgan fingerprint density at radius 2 is 1.77 bits per heavy atom. The average molecular weight is 184 g/mol. The summed E-state index contributed by atoms with van der Waals surface area (Å²) in [7, 11) is 0. The summed E-state index contributed by atoms with van der Waals surface area (Å²) in [5, 5.41) is 3.70. The Balaban J connectivity index is 2.41. The lowest BCUT2D eigenvalue weighted by Gasteiger charge is -2.05. The molecule has 4 aromatic heterocycles. The fourth-order valence-electron chi connectivity index (χ4n) is 1.66. The molecule has 4 bridgehead atoms. The van der Waals surface area contributed by atoms with Crippen LogP contribution in [-0.4, -0.2) is 9.61 Å². The minimum Gasteiger partial charge on any atom is -0.232 e. The van der Waals surface area contributed by atoms with Crippen LogP contribution in [0, 0.1) is 0 Å². The molecule has 4 aromatic rings. The van der Waals surface area contributed by atoms with Crippen LogP contribution in [0.25, 0.3) is 16.4 Å². The van der Waals surface area contributed by atoms with Crippen LogP contribution in [0.1, 0.15) is 5.69 Å². The maximum absolute atomic E-state index is 12.3. The molecule has 0 aliphatic heterocycles. The molecule has 0 fully saturated rings. The van der Waals surface area contributed by atoms with Crippen molar-refractivity contribution >= 4 is 16.4 Å².